The molecule has 4 nitrogen and oxygen atoms in total. The highest BCUT2D eigenvalue weighted by Crippen LogP contribution is 2.31. The van der Waals surface area contributed by atoms with Gasteiger partial charge >= 0.3 is 11.9 Å². The second-order valence-corrected chi connectivity index (χ2v) is 6.28. The monoisotopic (exact) mass is 356 g/mol. The van der Waals surface area contributed by atoms with E-state index >= 15 is 0 Å². The van der Waals surface area contributed by atoms with Crippen molar-refractivity contribution in [3.8, 4) is 11.1 Å². The second kappa shape index (κ2) is 7.53. The van der Waals surface area contributed by atoms with Gasteiger partial charge in [0.05, 0.1) is 23.1 Å². The smallest absolute Gasteiger partial charge is 0.333 e. The van der Waals surface area contributed by atoms with Gasteiger partial charge in [-0.25, -0.2) is 4.79 Å². The van der Waals surface area contributed by atoms with E-state index in [0.29, 0.717) is 18.6 Å². The van der Waals surface area contributed by atoms with Crippen molar-refractivity contribution in [2.45, 2.75) is 12.8 Å². The Kier molecular flexibility index (Phi) is 5.19. The molecule has 0 bridgehead atoms. The van der Waals surface area contributed by atoms with E-state index in [-0.39, 0.29) is 23.0 Å². The molecule has 0 radical (unpaired) electrons. The Morgan fingerprint density at radius 1 is 1.08 bits per heavy atom. The van der Waals surface area contributed by atoms with Gasteiger partial charge < -0.3 is 9.84 Å². The maximum absolute atomic E-state index is 11.6. The van der Waals surface area contributed by atoms with Crippen molar-refractivity contribution in [2.75, 3.05) is 6.61 Å². The lowest BCUT2D eigenvalue weighted by molar-refractivity contribution is -0.141. The topological polar surface area (TPSA) is 63.6 Å². The molecule has 1 aliphatic heterocycles. The molecule has 2 aromatic carbocycles. The summed E-state index contributed by atoms with van der Waals surface area (Å²) in [4.78, 5) is 23.2. The SMILES string of the molecule is O=C(O)/C(CC1CCOC1=O)=C(/Cl)c1ccc(-c2ccccc2)cc1. The molecule has 1 fully saturated rings. The van der Waals surface area contributed by atoms with Gasteiger partial charge in [0, 0.05) is 0 Å². The predicted molar refractivity (Wildman–Crippen MR) is 96.0 cm³/mol. The summed E-state index contributed by atoms with van der Waals surface area (Å²) in [6, 6.07) is 17.2. The van der Waals surface area contributed by atoms with Gasteiger partial charge in [0.1, 0.15) is 0 Å². The van der Waals surface area contributed by atoms with E-state index in [0.717, 1.165) is 11.1 Å². The summed E-state index contributed by atoms with van der Waals surface area (Å²) < 4.78 is 4.90. The van der Waals surface area contributed by atoms with Crippen LogP contribution in [0.4, 0.5) is 0 Å². The molecule has 0 aromatic heterocycles. The number of hydrogen-bond donors (Lipinski definition) is 1. The summed E-state index contributed by atoms with van der Waals surface area (Å²) in [5, 5.41) is 9.65. The number of carboxylic acids is 1. The number of ether oxygens (including phenoxy) is 1. The number of carbonyl (C=O) groups is 2. The number of aliphatic carboxylic acids is 1. The number of cyclic esters (lactones) is 1. The van der Waals surface area contributed by atoms with Crippen molar-refractivity contribution < 1.29 is 19.4 Å². The molecule has 3 rings (SSSR count). The maximum atomic E-state index is 11.6. The standard InChI is InChI=1S/C20H17ClO4/c21-18(17(19(22)23)12-16-10-11-25-20(16)24)15-8-6-14(7-9-15)13-4-2-1-3-5-13/h1-9,16H,10-12H2,(H,22,23)/b18-17+. The Balaban J connectivity index is 1.88. The third-order valence-electron chi connectivity index (χ3n) is 4.26. The van der Waals surface area contributed by atoms with Crippen LogP contribution in [0.2, 0.25) is 0 Å². The first-order valence-corrected chi connectivity index (χ1v) is 8.38. The molecule has 0 spiro atoms. The van der Waals surface area contributed by atoms with Crippen molar-refractivity contribution in [1.82, 2.24) is 0 Å². The fraction of sp³-hybridized carbons (Fsp3) is 0.200. The maximum Gasteiger partial charge on any atom is 0.333 e. The molecule has 1 heterocycles. The summed E-state index contributed by atoms with van der Waals surface area (Å²) in [6.45, 7) is 0.333. The molecule has 5 heteroatoms. The van der Waals surface area contributed by atoms with Crippen LogP contribution < -0.4 is 0 Å². The van der Waals surface area contributed by atoms with E-state index in [4.69, 9.17) is 16.3 Å². The average molecular weight is 357 g/mol. The van der Waals surface area contributed by atoms with Crippen molar-refractivity contribution >= 4 is 28.6 Å². The third kappa shape index (κ3) is 3.91. The lowest BCUT2D eigenvalue weighted by Crippen LogP contribution is -2.13. The van der Waals surface area contributed by atoms with Crippen molar-refractivity contribution in [3.05, 3.63) is 65.7 Å². The fourth-order valence-electron chi connectivity index (χ4n) is 2.85. The molecule has 2 aromatic rings. The van der Waals surface area contributed by atoms with E-state index in [1.54, 1.807) is 12.1 Å². The van der Waals surface area contributed by atoms with Crippen LogP contribution in [-0.2, 0) is 14.3 Å². The van der Waals surface area contributed by atoms with Crippen molar-refractivity contribution in [1.29, 1.82) is 0 Å². The Morgan fingerprint density at radius 3 is 2.28 bits per heavy atom. The summed E-state index contributed by atoms with van der Waals surface area (Å²) >= 11 is 6.34. The average Bonchev–Trinajstić information content (AvgIpc) is 3.04. The molecule has 0 aliphatic carbocycles. The van der Waals surface area contributed by atoms with Gasteiger partial charge in [0.2, 0.25) is 0 Å². The number of rotatable bonds is 5. The van der Waals surface area contributed by atoms with Crippen molar-refractivity contribution in [3.63, 3.8) is 0 Å². The highest BCUT2D eigenvalue weighted by atomic mass is 35.5. The molecule has 25 heavy (non-hydrogen) atoms. The first-order valence-electron chi connectivity index (χ1n) is 8.00. The van der Waals surface area contributed by atoms with Crippen LogP contribution in [0.3, 0.4) is 0 Å². The molecule has 1 atom stereocenters. The molecular formula is C20H17ClO4. The molecule has 128 valence electrons. The van der Waals surface area contributed by atoms with Gasteiger partial charge in [0.15, 0.2) is 0 Å². The number of carboxylic acid groups (broad SMARTS) is 1. The largest absolute Gasteiger partial charge is 0.478 e. The fourth-order valence-corrected chi connectivity index (χ4v) is 3.14. The number of hydrogen-bond acceptors (Lipinski definition) is 3. The minimum absolute atomic E-state index is 0.0398. The zero-order valence-electron chi connectivity index (χ0n) is 13.4. The number of esters is 1. The van der Waals surface area contributed by atoms with Crippen LogP contribution in [0.5, 0.6) is 0 Å². The van der Waals surface area contributed by atoms with E-state index < -0.39 is 11.9 Å². The Bertz CT molecular complexity index is 809. The summed E-state index contributed by atoms with van der Waals surface area (Å²) in [5.74, 6) is -1.91. The lowest BCUT2D eigenvalue weighted by Gasteiger charge is -2.10. The molecule has 1 N–H and O–H groups in total. The Hall–Kier alpha value is -2.59. The second-order valence-electron chi connectivity index (χ2n) is 5.90. The summed E-state index contributed by atoms with van der Waals surface area (Å²) in [5.41, 5.74) is 2.74. The van der Waals surface area contributed by atoms with Gasteiger partial charge in [0.25, 0.3) is 0 Å². The minimum atomic E-state index is -1.11. The predicted octanol–water partition coefficient (Wildman–Crippen LogP) is 4.34. The highest BCUT2D eigenvalue weighted by molar-refractivity contribution is 6.50. The zero-order valence-corrected chi connectivity index (χ0v) is 14.2. The lowest BCUT2D eigenvalue weighted by atomic mass is 9.96. The van der Waals surface area contributed by atoms with Gasteiger partial charge in [-0.2, -0.15) is 0 Å². The van der Waals surface area contributed by atoms with Crippen molar-refractivity contribution in [2.24, 2.45) is 5.92 Å². The number of halogens is 1. The molecule has 0 saturated carbocycles. The normalized spacial score (nSPS) is 17.8. The van der Waals surface area contributed by atoms with Crippen LogP contribution in [0.1, 0.15) is 18.4 Å². The van der Waals surface area contributed by atoms with Gasteiger partial charge in [-0.05, 0) is 29.5 Å². The van der Waals surface area contributed by atoms with Crippen LogP contribution in [0.25, 0.3) is 16.2 Å². The van der Waals surface area contributed by atoms with E-state index in [9.17, 15) is 14.7 Å². The Morgan fingerprint density at radius 2 is 1.72 bits per heavy atom. The van der Waals surface area contributed by atoms with E-state index in [2.05, 4.69) is 0 Å². The van der Waals surface area contributed by atoms with Gasteiger partial charge in [-0.15, -0.1) is 0 Å². The Labute approximate surface area is 150 Å². The summed E-state index contributed by atoms with van der Waals surface area (Å²) in [6.07, 6.45) is 0.597. The van der Waals surface area contributed by atoms with Crippen LogP contribution in [0.15, 0.2) is 60.2 Å². The van der Waals surface area contributed by atoms with Crippen LogP contribution >= 0.6 is 11.6 Å². The first kappa shape index (κ1) is 17.2. The molecule has 0 amide bonds. The van der Waals surface area contributed by atoms with E-state index in [1.807, 2.05) is 42.5 Å². The first-order chi connectivity index (χ1) is 12.1. The van der Waals surface area contributed by atoms with Crippen LogP contribution in [-0.4, -0.2) is 23.7 Å². The summed E-state index contributed by atoms with van der Waals surface area (Å²) in [7, 11) is 0. The number of benzene rings is 2. The minimum Gasteiger partial charge on any atom is -0.478 e. The highest BCUT2D eigenvalue weighted by Gasteiger charge is 2.30. The van der Waals surface area contributed by atoms with Gasteiger partial charge in [-0.3, -0.25) is 4.79 Å². The quantitative estimate of drug-likeness (QED) is 0.639. The van der Waals surface area contributed by atoms with Crippen LogP contribution in [0, 0.1) is 5.92 Å². The molecule has 1 unspecified atom stereocenters. The van der Waals surface area contributed by atoms with E-state index in [1.165, 1.54) is 0 Å². The molecule has 1 aliphatic rings. The zero-order chi connectivity index (χ0) is 17.8. The third-order valence-corrected chi connectivity index (χ3v) is 4.71. The number of carbonyl (C=O) groups excluding carboxylic acids is 1. The molecular weight excluding hydrogens is 340 g/mol. The van der Waals surface area contributed by atoms with Gasteiger partial charge in [-0.1, -0.05) is 66.2 Å². The molecule has 1 saturated heterocycles.